The predicted molar refractivity (Wildman–Crippen MR) is 71.9 cm³/mol. The highest BCUT2D eigenvalue weighted by atomic mass is 35.5. The summed E-state index contributed by atoms with van der Waals surface area (Å²) in [6, 6.07) is 16.0. The van der Waals surface area contributed by atoms with Crippen LogP contribution in [0.2, 0.25) is 0 Å². The van der Waals surface area contributed by atoms with Crippen molar-refractivity contribution < 1.29 is 4.74 Å². The molecule has 88 valence electrons. The lowest BCUT2D eigenvalue weighted by atomic mass is 10.2. The van der Waals surface area contributed by atoms with E-state index in [0.29, 0.717) is 5.88 Å². The molecule has 2 heteroatoms. The minimum atomic E-state index is 0.462. The number of alkyl halides is 1. The normalized spacial score (nSPS) is 10.2. The fourth-order valence-electron chi connectivity index (χ4n) is 1.63. The van der Waals surface area contributed by atoms with Gasteiger partial charge in [-0.15, -0.1) is 11.6 Å². The quantitative estimate of drug-likeness (QED) is 0.706. The van der Waals surface area contributed by atoms with Gasteiger partial charge in [0.1, 0.15) is 11.5 Å². The van der Waals surface area contributed by atoms with E-state index in [1.807, 2.05) is 36.4 Å². The Balaban J connectivity index is 2.19. The van der Waals surface area contributed by atoms with Crippen molar-refractivity contribution in [1.29, 1.82) is 0 Å². The summed E-state index contributed by atoms with van der Waals surface area (Å²) in [6.07, 6.45) is 1.04. The number of benzene rings is 2. The van der Waals surface area contributed by atoms with Gasteiger partial charge in [-0.25, -0.2) is 0 Å². The second-order valence-corrected chi connectivity index (χ2v) is 4.11. The Bertz CT molecular complexity index is 477. The number of hydrogen-bond acceptors (Lipinski definition) is 1. The summed E-state index contributed by atoms with van der Waals surface area (Å²) in [6.45, 7) is 2.14. The van der Waals surface area contributed by atoms with Crippen LogP contribution in [0.5, 0.6) is 11.5 Å². The number of rotatable bonds is 4. The van der Waals surface area contributed by atoms with Crippen LogP contribution in [0.15, 0.2) is 48.5 Å². The standard InChI is InChI=1S/C15H15ClO/c1-2-12-7-9-14(10-8-12)17-15-6-4-3-5-13(15)11-16/h3-10H,2,11H2,1H3. The molecule has 0 N–H and O–H groups in total. The molecule has 0 bridgehead atoms. The second-order valence-electron chi connectivity index (χ2n) is 3.84. The minimum Gasteiger partial charge on any atom is -0.457 e. The summed E-state index contributed by atoms with van der Waals surface area (Å²) in [5.74, 6) is 2.13. The minimum absolute atomic E-state index is 0.462. The van der Waals surface area contributed by atoms with Gasteiger partial charge in [-0.1, -0.05) is 37.3 Å². The summed E-state index contributed by atoms with van der Waals surface area (Å²) in [5, 5.41) is 0. The van der Waals surface area contributed by atoms with Crippen LogP contribution in [-0.4, -0.2) is 0 Å². The van der Waals surface area contributed by atoms with Gasteiger partial charge in [-0.05, 0) is 30.2 Å². The first-order valence-electron chi connectivity index (χ1n) is 5.74. The van der Waals surface area contributed by atoms with Crippen molar-refractivity contribution in [3.63, 3.8) is 0 Å². The summed E-state index contributed by atoms with van der Waals surface area (Å²) < 4.78 is 5.82. The Hall–Kier alpha value is -1.47. The van der Waals surface area contributed by atoms with Crippen molar-refractivity contribution in [3.05, 3.63) is 59.7 Å². The molecule has 0 saturated carbocycles. The Morgan fingerprint density at radius 1 is 1.00 bits per heavy atom. The lowest BCUT2D eigenvalue weighted by molar-refractivity contribution is 0.478. The van der Waals surface area contributed by atoms with Crippen LogP contribution < -0.4 is 4.74 Å². The number of ether oxygens (including phenoxy) is 1. The van der Waals surface area contributed by atoms with Crippen LogP contribution in [0.4, 0.5) is 0 Å². The second kappa shape index (κ2) is 5.74. The van der Waals surface area contributed by atoms with Crippen molar-refractivity contribution >= 4 is 11.6 Å². The van der Waals surface area contributed by atoms with Crippen molar-refractivity contribution in [3.8, 4) is 11.5 Å². The van der Waals surface area contributed by atoms with Crippen LogP contribution in [0.3, 0.4) is 0 Å². The van der Waals surface area contributed by atoms with E-state index in [2.05, 4.69) is 19.1 Å². The molecule has 0 atom stereocenters. The summed E-state index contributed by atoms with van der Waals surface area (Å²) in [5.41, 5.74) is 2.32. The maximum absolute atomic E-state index is 5.87. The first-order valence-corrected chi connectivity index (χ1v) is 6.27. The van der Waals surface area contributed by atoms with E-state index in [4.69, 9.17) is 16.3 Å². The number of aryl methyl sites for hydroxylation is 1. The molecule has 2 rings (SSSR count). The molecule has 17 heavy (non-hydrogen) atoms. The predicted octanol–water partition coefficient (Wildman–Crippen LogP) is 4.78. The molecule has 0 fully saturated rings. The maximum Gasteiger partial charge on any atom is 0.131 e. The van der Waals surface area contributed by atoms with E-state index < -0.39 is 0 Å². The van der Waals surface area contributed by atoms with E-state index >= 15 is 0 Å². The van der Waals surface area contributed by atoms with Crippen LogP contribution in [-0.2, 0) is 12.3 Å². The molecule has 2 aromatic rings. The highest BCUT2D eigenvalue weighted by Gasteiger charge is 2.02. The largest absolute Gasteiger partial charge is 0.457 e. The lowest BCUT2D eigenvalue weighted by Crippen LogP contribution is -1.89. The first kappa shape index (κ1) is 12.0. The SMILES string of the molecule is CCc1ccc(Oc2ccccc2CCl)cc1. The molecule has 0 amide bonds. The highest BCUT2D eigenvalue weighted by Crippen LogP contribution is 2.26. The summed E-state index contributed by atoms with van der Waals surface area (Å²) in [4.78, 5) is 0. The Labute approximate surface area is 107 Å². The zero-order valence-electron chi connectivity index (χ0n) is 9.82. The molecule has 0 aliphatic carbocycles. The van der Waals surface area contributed by atoms with Gasteiger partial charge < -0.3 is 4.74 Å². The molecule has 1 nitrogen and oxygen atoms in total. The summed E-state index contributed by atoms with van der Waals surface area (Å²) >= 11 is 5.87. The molecule has 0 spiro atoms. The zero-order valence-corrected chi connectivity index (χ0v) is 10.6. The highest BCUT2D eigenvalue weighted by molar-refractivity contribution is 6.17. The molecule has 0 unspecified atom stereocenters. The van der Waals surface area contributed by atoms with Gasteiger partial charge >= 0.3 is 0 Å². The molecule has 0 aliphatic rings. The number of para-hydroxylation sites is 1. The lowest BCUT2D eigenvalue weighted by Gasteiger charge is -2.09. The molecular formula is C15H15ClO. The first-order chi connectivity index (χ1) is 8.33. The third-order valence-electron chi connectivity index (χ3n) is 2.68. The van der Waals surface area contributed by atoms with Gasteiger partial charge in [0, 0.05) is 5.56 Å². The van der Waals surface area contributed by atoms with Gasteiger partial charge in [0.15, 0.2) is 0 Å². The fourth-order valence-corrected chi connectivity index (χ4v) is 1.85. The third kappa shape index (κ3) is 3.01. The van der Waals surface area contributed by atoms with Crippen LogP contribution in [0, 0.1) is 0 Å². The van der Waals surface area contributed by atoms with Crippen LogP contribution >= 0.6 is 11.6 Å². The van der Waals surface area contributed by atoms with Gasteiger partial charge in [0.05, 0.1) is 5.88 Å². The van der Waals surface area contributed by atoms with Crippen molar-refractivity contribution in [1.82, 2.24) is 0 Å². The molecule has 0 aromatic heterocycles. The van der Waals surface area contributed by atoms with Crippen molar-refractivity contribution in [2.24, 2.45) is 0 Å². The Morgan fingerprint density at radius 2 is 1.71 bits per heavy atom. The van der Waals surface area contributed by atoms with E-state index in [1.165, 1.54) is 5.56 Å². The molecule has 0 aliphatic heterocycles. The Morgan fingerprint density at radius 3 is 2.35 bits per heavy atom. The molecule has 0 radical (unpaired) electrons. The zero-order chi connectivity index (χ0) is 12.1. The van der Waals surface area contributed by atoms with Crippen molar-refractivity contribution in [2.75, 3.05) is 0 Å². The van der Waals surface area contributed by atoms with Gasteiger partial charge in [0.25, 0.3) is 0 Å². The number of hydrogen-bond donors (Lipinski definition) is 0. The average Bonchev–Trinajstić information content (AvgIpc) is 2.40. The average molecular weight is 247 g/mol. The van der Waals surface area contributed by atoms with Crippen molar-refractivity contribution in [2.45, 2.75) is 19.2 Å². The van der Waals surface area contributed by atoms with Crippen LogP contribution in [0.1, 0.15) is 18.1 Å². The third-order valence-corrected chi connectivity index (χ3v) is 2.96. The molecule has 0 saturated heterocycles. The van der Waals surface area contributed by atoms with Gasteiger partial charge in [0.2, 0.25) is 0 Å². The summed E-state index contributed by atoms with van der Waals surface area (Å²) in [7, 11) is 0. The van der Waals surface area contributed by atoms with E-state index in [-0.39, 0.29) is 0 Å². The number of halogens is 1. The maximum atomic E-state index is 5.87. The Kier molecular flexibility index (Phi) is 4.05. The monoisotopic (exact) mass is 246 g/mol. The van der Waals surface area contributed by atoms with E-state index in [1.54, 1.807) is 0 Å². The van der Waals surface area contributed by atoms with E-state index in [0.717, 1.165) is 23.5 Å². The topological polar surface area (TPSA) is 9.23 Å². The van der Waals surface area contributed by atoms with E-state index in [9.17, 15) is 0 Å². The van der Waals surface area contributed by atoms with Gasteiger partial charge in [-0.2, -0.15) is 0 Å². The molecule has 2 aromatic carbocycles. The molecule has 0 heterocycles. The fraction of sp³-hybridized carbons (Fsp3) is 0.200. The smallest absolute Gasteiger partial charge is 0.131 e. The molecular weight excluding hydrogens is 232 g/mol. The van der Waals surface area contributed by atoms with Crippen LogP contribution in [0.25, 0.3) is 0 Å². The van der Waals surface area contributed by atoms with Gasteiger partial charge in [-0.3, -0.25) is 0 Å².